The molecule has 0 aliphatic rings. The highest BCUT2D eigenvalue weighted by atomic mass is 32.2. The van der Waals surface area contributed by atoms with Crippen LogP contribution in [0.25, 0.3) is 10.9 Å². The Bertz CT molecular complexity index is 842. The average molecular weight is 283 g/mol. The summed E-state index contributed by atoms with van der Waals surface area (Å²) in [5, 5.41) is 1.06. The number of rotatable bonds is 3. The van der Waals surface area contributed by atoms with Crippen molar-refractivity contribution in [1.82, 2.24) is 4.98 Å². The topological polar surface area (TPSA) is 47.0 Å². The molecule has 1 aromatic heterocycles. The molecule has 0 N–H and O–H groups in total. The number of pyridine rings is 1. The van der Waals surface area contributed by atoms with Gasteiger partial charge in [0.2, 0.25) is 0 Å². The Morgan fingerprint density at radius 3 is 2.30 bits per heavy atom. The Labute approximate surface area is 117 Å². The molecule has 0 spiro atoms. The Kier molecular flexibility index (Phi) is 3.24. The third-order valence-electron chi connectivity index (χ3n) is 3.09. The Morgan fingerprint density at radius 2 is 1.50 bits per heavy atom. The number of para-hydroxylation sites is 1. The van der Waals surface area contributed by atoms with Crippen LogP contribution < -0.4 is 0 Å². The van der Waals surface area contributed by atoms with Crippen molar-refractivity contribution in [3.05, 3.63) is 72.3 Å². The van der Waals surface area contributed by atoms with E-state index in [1.807, 2.05) is 42.5 Å². The molecule has 0 radical (unpaired) electrons. The Balaban J connectivity index is 2.01. The lowest BCUT2D eigenvalue weighted by Crippen LogP contribution is -2.07. The maximum absolute atomic E-state index is 12.4. The van der Waals surface area contributed by atoms with Crippen molar-refractivity contribution < 1.29 is 8.42 Å². The Morgan fingerprint density at radius 1 is 0.800 bits per heavy atom. The standard InChI is InChI=1S/C16H13NO2S/c18-20(19,12-13-6-2-1-3-7-13)16-11-10-14-8-4-5-9-15(14)17-16/h1-11H,12H2. The molecular weight excluding hydrogens is 270 g/mol. The maximum atomic E-state index is 12.4. The number of fused-ring (bicyclic) bond motifs is 1. The van der Waals surface area contributed by atoms with Crippen LogP contribution >= 0.6 is 0 Å². The summed E-state index contributed by atoms with van der Waals surface area (Å²) in [5.74, 6) is -0.0286. The Hall–Kier alpha value is -2.20. The second-order valence-electron chi connectivity index (χ2n) is 4.59. The number of benzene rings is 2. The number of sulfone groups is 1. The first-order valence-electron chi connectivity index (χ1n) is 6.28. The van der Waals surface area contributed by atoms with Gasteiger partial charge >= 0.3 is 0 Å². The predicted molar refractivity (Wildman–Crippen MR) is 79.1 cm³/mol. The van der Waals surface area contributed by atoms with Gasteiger partial charge in [-0.15, -0.1) is 0 Å². The molecule has 0 atom stereocenters. The monoisotopic (exact) mass is 283 g/mol. The van der Waals surface area contributed by atoms with E-state index in [0.29, 0.717) is 5.52 Å². The molecule has 0 unspecified atom stereocenters. The zero-order chi connectivity index (χ0) is 14.0. The van der Waals surface area contributed by atoms with Crippen LogP contribution in [-0.2, 0) is 15.6 Å². The molecule has 0 fully saturated rings. The van der Waals surface area contributed by atoms with Crippen LogP contribution in [0.4, 0.5) is 0 Å². The van der Waals surface area contributed by atoms with Gasteiger partial charge in [-0.1, -0.05) is 48.5 Å². The van der Waals surface area contributed by atoms with Gasteiger partial charge in [-0.2, -0.15) is 0 Å². The van der Waals surface area contributed by atoms with Gasteiger partial charge in [0, 0.05) is 5.39 Å². The minimum atomic E-state index is -3.42. The molecule has 0 saturated carbocycles. The van der Waals surface area contributed by atoms with E-state index >= 15 is 0 Å². The van der Waals surface area contributed by atoms with Gasteiger partial charge in [-0.3, -0.25) is 0 Å². The molecule has 20 heavy (non-hydrogen) atoms. The minimum absolute atomic E-state index is 0.0286. The molecule has 0 aliphatic heterocycles. The average Bonchev–Trinajstić information content (AvgIpc) is 2.47. The van der Waals surface area contributed by atoms with Crippen molar-refractivity contribution >= 4 is 20.7 Å². The third kappa shape index (κ3) is 2.56. The van der Waals surface area contributed by atoms with Crippen LogP contribution in [-0.4, -0.2) is 13.4 Å². The first-order chi connectivity index (χ1) is 9.65. The molecular formula is C16H13NO2S. The number of hydrogen-bond acceptors (Lipinski definition) is 3. The first-order valence-corrected chi connectivity index (χ1v) is 7.93. The largest absolute Gasteiger partial charge is 0.236 e. The SMILES string of the molecule is O=S(=O)(Cc1ccccc1)c1ccc2ccccc2n1. The maximum Gasteiger partial charge on any atom is 0.199 e. The van der Waals surface area contributed by atoms with E-state index in [9.17, 15) is 8.42 Å². The second kappa shape index (κ2) is 5.06. The zero-order valence-corrected chi connectivity index (χ0v) is 11.5. The predicted octanol–water partition coefficient (Wildman–Crippen LogP) is 3.21. The van der Waals surface area contributed by atoms with E-state index in [4.69, 9.17) is 0 Å². The fourth-order valence-corrected chi connectivity index (χ4v) is 3.38. The summed E-state index contributed by atoms with van der Waals surface area (Å²) in [7, 11) is -3.42. The molecule has 3 rings (SSSR count). The van der Waals surface area contributed by atoms with Crippen molar-refractivity contribution in [1.29, 1.82) is 0 Å². The van der Waals surface area contributed by atoms with Crippen LogP contribution in [0.1, 0.15) is 5.56 Å². The van der Waals surface area contributed by atoms with E-state index < -0.39 is 9.84 Å². The van der Waals surface area contributed by atoms with Gasteiger partial charge in [0.1, 0.15) is 0 Å². The summed E-state index contributed by atoms with van der Waals surface area (Å²) < 4.78 is 24.8. The molecule has 0 amide bonds. The van der Waals surface area contributed by atoms with Crippen molar-refractivity contribution in [3.63, 3.8) is 0 Å². The molecule has 0 saturated heterocycles. The normalized spacial score (nSPS) is 11.6. The van der Waals surface area contributed by atoms with Crippen LogP contribution in [0.15, 0.2) is 71.8 Å². The molecule has 0 bridgehead atoms. The smallest absolute Gasteiger partial charge is 0.199 e. The molecule has 1 heterocycles. The molecule has 4 heteroatoms. The van der Waals surface area contributed by atoms with Crippen LogP contribution in [0.2, 0.25) is 0 Å². The van der Waals surface area contributed by atoms with E-state index in [1.165, 1.54) is 0 Å². The lowest BCUT2D eigenvalue weighted by molar-refractivity contribution is 0.592. The van der Waals surface area contributed by atoms with Crippen LogP contribution in [0.5, 0.6) is 0 Å². The van der Waals surface area contributed by atoms with E-state index in [1.54, 1.807) is 24.3 Å². The van der Waals surface area contributed by atoms with E-state index in [0.717, 1.165) is 10.9 Å². The highest BCUT2D eigenvalue weighted by Gasteiger charge is 2.17. The summed E-state index contributed by atoms with van der Waals surface area (Å²) in [6, 6.07) is 20.0. The summed E-state index contributed by atoms with van der Waals surface area (Å²) in [6.45, 7) is 0. The molecule has 100 valence electrons. The number of aromatic nitrogens is 1. The van der Waals surface area contributed by atoms with Gasteiger partial charge in [0.25, 0.3) is 0 Å². The van der Waals surface area contributed by atoms with Gasteiger partial charge in [-0.25, -0.2) is 13.4 Å². The van der Waals surface area contributed by atoms with Crippen molar-refractivity contribution in [2.24, 2.45) is 0 Å². The van der Waals surface area contributed by atoms with Gasteiger partial charge in [-0.05, 0) is 23.8 Å². The van der Waals surface area contributed by atoms with Gasteiger partial charge in [0.15, 0.2) is 14.9 Å². The van der Waals surface area contributed by atoms with Crippen molar-refractivity contribution in [3.8, 4) is 0 Å². The quantitative estimate of drug-likeness (QED) is 0.741. The molecule has 3 nitrogen and oxygen atoms in total. The zero-order valence-electron chi connectivity index (χ0n) is 10.7. The number of hydrogen-bond donors (Lipinski definition) is 0. The first kappa shape index (κ1) is 12.8. The second-order valence-corrected chi connectivity index (χ2v) is 6.52. The fourth-order valence-electron chi connectivity index (χ4n) is 2.09. The summed E-state index contributed by atoms with van der Waals surface area (Å²) in [4.78, 5) is 4.26. The number of nitrogens with zero attached hydrogens (tertiary/aromatic N) is 1. The van der Waals surface area contributed by atoms with Gasteiger partial charge in [0.05, 0.1) is 11.3 Å². The summed E-state index contributed by atoms with van der Waals surface area (Å²) >= 11 is 0. The lowest BCUT2D eigenvalue weighted by atomic mass is 10.2. The lowest BCUT2D eigenvalue weighted by Gasteiger charge is -2.05. The minimum Gasteiger partial charge on any atom is -0.236 e. The molecule has 0 aliphatic carbocycles. The van der Waals surface area contributed by atoms with E-state index in [2.05, 4.69) is 4.98 Å². The van der Waals surface area contributed by atoms with Gasteiger partial charge < -0.3 is 0 Å². The summed E-state index contributed by atoms with van der Waals surface area (Å²) in [6.07, 6.45) is 0. The molecule has 2 aromatic carbocycles. The van der Waals surface area contributed by atoms with Crippen LogP contribution in [0, 0.1) is 0 Å². The van der Waals surface area contributed by atoms with Crippen molar-refractivity contribution in [2.45, 2.75) is 10.8 Å². The van der Waals surface area contributed by atoms with Crippen LogP contribution in [0.3, 0.4) is 0 Å². The molecule has 3 aromatic rings. The fraction of sp³-hybridized carbons (Fsp3) is 0.0625. The third-order valence-corrected chi connectivity index (χ3v) is 4.67. The summed E-state index contributed by atoms with van der Waals surface area (Å²) in [5.41, 5.74) is 1.46. The highest BCUT2D eigenvalue weighted by Crippen LogP contribution is 2.18. The highest BCUT2D eigenvalue weighted by molar-refractivity contribution is 7.90. The van der Waals surface area contributed by atoms with E-state index in [-0.39, 0.29) is 10.8 Å². The van der Waals surface area contributed by atoms with Crippen molar-refractivity contribution in [2.75, 3.05) is 0 Å².